The largest absolute Gasteiger partial charge is 0.492 e. The third-order valence-electron chi connectivity index (χ3n) is 3.12. The Labute approximate surface area is 155 Å². The van der Waals surface area contributed by atoms with Crippen molar-refractivity contribution in [3.8, 4) is 5.75 Å². The highest BCUT2D eigenvalue weighted by molar-refractivity contribution is 9.11. The first-order valence-electron chi connectivity index (χ1n) is 7.00. The van der Waals surface area contributed by atoms with Gasteiger partial charge in [-0.05, 0) is 62.6 Å². The quantitative estimate of drug-likeness (QED) is 0.418. The summed E-state index contributed by atoms with van der Waals surface area (Å²) in [6.07, 6.45) is 2.83. The van der Waals surface area contributed by atoms with Crippen LogP contribution in [-0.4, -0.2) is 35.9 Å². The summed E-state index contributed by atoms with van der Waals surface area (Å²) < 4.78 is 6.84. The van der Waals surface area contributed by atoms with Gasteiger partial charge >= 0.3 is 6.03 Å². The molecule has 2 rings (SSSR count). The summed E-state index contributed by atoms with van der Waals surface area (Å²) >= 11 is 6.79. The highest BCUT2D eigenvalue weighted by Crippen LogP contribution is 2.35. The van der Waals surface area contributed by atoms with Gasteiger partial charge in [-0.3, -0.25) is 19.8 Å². The predicted octanol–water partition coefficient (Wildman–Crippen LogP) is 3.26. The molecule has 0 aromatic heterocycles. The molecule has 126 valence electrons. The van der Waals surface area contributed by atoms with Gasteiger partial charge in [-0.25, -0.2) is 4.79 Å². The normalized spacial score (nSPS) is 16.4. The smallest absolute Gasteiger partial charge is 0.331 e. The molecule has 0 saturated carbocycles. The highest BCUT2D eigenvalue weighted by Gasteiger charge is 2.34. The van der Waals surface area contributed by atoms with Crippen LogP contribution in [0.2, 0.25) is 0 Å². The van der Waals surface area contributed by atoms with Crippen LogP contribution in [0.3, 0.4) is 0 Å². The van der Waals surface area contributed by atoms with Gasteiger partial charge in [0.15, 0.2) is 0 Å². The molecule has 1 aliphatic rings. The van der Waals surface area contributed by atoms with E-state index in [0.29, 0.717) is 26.9 Å². The van der Waals surface area contributed by atoms with Crippen LogP contribution >= 0.6 is 31.9 Å². The Morgan fingerprint density at radius 1 is 1.25 bits per heavy atom. The maximum Gasteiger partial charge on any atom is 0.331 e. The van der Waals surface area contributed by atoms with Crippen LogP contribution in [0.5, 0.6) is 5.75 Å². The predicted molar refractivity (Wildman–Crippen MR) is 96.4 cm³/mol. The summed E-state index contributed by atoms with van der Waals surface area (Å²) in [5.41, 5.74) is 0.475. The summed E-state index contributed by atoms with van der Waals surface area (Å²) in [6, 6.07) is 2.69. The Balaban J connectivity index is 2.42. The molecule has 24 heavy (non-hydrogen) atoms. The van der Waals surface area contributed by atoms with Gasteiger partial charge in [0.05, 0.1) is 15.6 Å². The second-order valence-electron chi connectivity index (χ2n) is 4.77. The maximum absolute atomic E-state index is 12.4. The first kappa shape index (κ1) is 18.4. The van der Waals surface area contributed by atoms with Crippen LogP contribution in [0.15, 0.2) is 39.3 Å². The number of benzene rings is 1. The SMILES string of the molecule is C=CCN1C(=O)NC(=O)/C(=C/c2cc(Br)c(OCC)c(Br)c2)C1=O. The Morgan fingerprint density at radius 3 is 2.42 bits per heavy atom. The number of carbonyl (C=O) groups excluding carboxylic acids is 3. The molecule has 1 aromatic carbocycles. The standard InChI is InChI=1S/C16H14Br2N2O4/c1-3-5-20-15(22)10(14(21)19-16(20)23)6-9-7-11(17)13(24-4-2)12(18)8-9/h3,6-8H,1,4-5H2,2H3,(H,19,21,23)/b10-6-. The second-order valence-corrected chi connectivity index (χ2v) is 6.48. The van der Waals surface area contributed by atoms with E-state index in [-0.39, 0.29) is 12.1 Å². The molecule has 6 nitrogen and oxygen atoms in total. The average molecular weight is 458 g/mol. The molecule has 1 aromatic rings. The molecule has 4 amide bonds. The molecular weight excluding hydrogens is 444 g/mol. The minimum absolute atomic E-state index is 0.0198. The Kier molecular flexibility index (Phi) is 5.95. The fourth-order valence-electron chi connectivity index (χ4n) is 2.10. The minimum Gasteiger partial charge on any atom is -0.492 e. The molecule has 0 aliphatic carbocycles. The number of hydrogen-bond acceptors (Lipinski definition) is 4. The van der Waals surface area contributed by atoms with Crippen molar-refractivity contribution in [2.75, 3.05) is 13.2 Å². The molecule has 0 radical (unpaired) electrons. The Hall–Kier alpha value is -1.93. The third kappa shape index (κ3) is 3.76. The van der Waals surface area contributed by atoms with E-state index >= 15 is 0 Å². The van der Waals surface area contributed by atoms with Crippen LogP contribution < -0.4 is 10.1 Å². The van der Waals surface area contributed by atoms with E-state index in [1.165, 1.54) is 12.2 Å². The van der Waals surface area contributed by atoms with Gasteiger partial charge in [0.2, 0.25) is 0 Å². The number of amides is 4. The Morgan fingerprint density at radius 2 is 1.88 bits per heavy atom. The number of nitrogens with one attached hydrogen (secondary N) is 1. The van der Waals surface area contributed by atoms with Crippen molar-refractivity contribution in [1.82, 2.24) is 10.2 Å². The lowest BCUT2D eigenvalue weighted by molar-refractivity contribution is -0.129. The molecule has 1 fully saturated rings. The van der Waals surface area contributed by atoms with Crippen molar-refractivity contribution < 1.29 is 19.1 Å². The van der Waals surface area contributed by atoms with Crippen LogP contribution in [-0.2, 0) is 9.59 Å². The lowest BCUT2D eigenvalue weighted by Crippen LogP contribution is -2.54. The zero-order valence-electron chi connectivity index (χ0n) is 12.8. The van der Waals surface area contributed by atoms with Gasteiger partial charge in [-0.2, -0.15) is 0 Å². The molecule has 8 heteroatoms. The average Bonchev–Trinajstić information content (AvgIpc) is 2.51. The van der Waals surface area contributed by atoms with Crippen LogP contribution in [0.4, 0.5) is 4.79 Å². The summed E-state index contributed by atoms with van der Waals surface area (Å²) in [6.45, 7) is 5.88. The first-order chi connectivity index (χ1) is 11.4. The van der Waals surface area contributed by atoms with Gasteiger partial charge in [0, 0.05) is 6.54 Å². The third-order valence-corrected chi connectivity index (χ3v) is 4.30. The minimum atomic E-state index is -0.754. The molecule has 0 spiro atoms. The lowest BCUT2D eigenvalue weighted by atomic mass is 10.1. The van der Waals surface area contributed by atoms with E-state index in [9.17, 15) is 14.4 Å². The second kappa shape index (κ2) is 7.76. The molecule has 0 bridgehead atoms. The van der Waals surface area contributed by atoms with E-state index in [4.69, 9.17) is 4.74 Å². The van der Waals surface area contributed by atoms with Crippen molar-refractivity contribution in [3.63, 3.8) is 0 Å². The Bertz CT molecular complexity index is 735. The van der Waals surface area contributed by atoms with E-state index in [1.807, 2.05) is 6.92 Å². The summed E-state index contributed by atoms with van der Waals surface area (Å²) in [4.78, 5) is 37.0. The molecule has 1 aliphatic heterocycles. The number of imide groups is 2. The van der Waals surface area contributed by atoms with Gasteiger partial charge in [-0.15, -0.1) is 6.58 Å². The fraction of sp³-hybridized carbons (Fsp3) is 0.188. The number of rotatable bonds is 5. The van der Waals surface area contributed by atoms with E-state index < -0.39 is 17.8 Å². The van der Waals surface area contributed by atoms with Crippen LogP contribution in [0.25, 0.3) is 6.08 Å². The lowest BCUT2D eigenvalue weighted by Gasteiger charge is -2.25. The summed E-state index contributed by atoms with van der Waals surface area (Å²) in [5, 5.41) is 2.14. The summed E-state index contributed by atoms with van der Waals surface area (Å²) in [5.74, 6) is -0.765. The molecule has 0 atom stereocenters. The van der Waals surface area contributed by atoms with Crippen molar-refractivity contribution >= 4 is 55.8 Å². The zero-order chi connectivity index (χ0) is 17.9. The van der Waals surface area contributed by atoms with Crippen molar-refractivity contribution in [1.29, 1.82) is 0 Å². The monoisotopic (exact) mass is 456 g/mol. The van der Waals surface area contributed by atoms with Crippen molar-refractivity contribution in [3.05, 3.63) is 44.9 Å². The number of hydrogen-bond donors (Lipinski definition) is 1. The number of carbonyl (C=O) groups is 3. The molecular formula is C16H14Br2N2O4. The molecule has 1 saturated heterocycles. The fourth-order valence-corrected chi connectivity index (χ4v) is 3.55. The van der Waals surface area contributed by atoms with E-state index in [2.05, 4.69) is 43.8 Å². The van der Waals surface area contributed by atoms with Gasteiger partial charge < -0.3 is 4.74 Å². The number of barbiturate groups is 1. The topological polar surface area (TPSA) is 75.7 Å². The van der Waals surface area contributed by atoms with Crippen LogP contribution in [0.1, 0.15) is 12.5 Å². The first-order valence-corrected chi connectivity index (χ1v) is 8.59. The highest BCUT2D eigenvalue weighted by atomic mass is 79.9. The summed E-state index contributed by atoms with van der Waals surface area (Å²) in [7, 11) is 0. The molecule has 1 N–H and O–H groups in total. The van der Waals surface area contributed by atoms with Gasteiger partial charge in [0.25, 0.3) is 11.8 Å². The maximum atomic E-state index is 12.4. The molecule has 0 unspecified atom stereocenters. The molecule has 1 heterocycles. The van der Waals surface area contributed by atoms with Crippen LogP contribution in [0, 0.1) is 0 Å². The van der Waals surface area contributed by atoms with Gasteiger partial charge in [0.1, 0.15) is 11.3 Å². The van der Waals surface area contributed by atoms with E-state index in [0.717, 1.165) is 4.90 Å². The zero-order valence-corrected chi connectivity index (χ0v) is 15.9. The number of halogens is 2. The number of nitrogens with zero attached hydrogens (tertiary/aromatic N) is 1. The van der Waals surface area contributed by atoms with Crippen molar-refractivity contribution in [2.24, 2.45) is 0 Å². The van der Waals surface area contributed by atoms with Crippen molar-refractivity contribution in [2.45, 2.75) is 6.92 Å². The number of ether oxygens (including phenoxy) is 1. The van der Waals surface area contributed by atoms with E-state index in [1.54, 1.807) is 12.1 Å². The number of urea groups is 1. The van der Waals surface area contributed by atoms with Gasteiger partial charge in [-0.1, -0.05) is 6.08 Å².